The molecule has 0 amide bonds. The van der Waals surface area contributed by atoms with Crippen LogP contribution in [0, 0.1) is 6.92 Å². The number of hydrogen-bond acceptors (Lipinski definition) is 2. The van der Waals surface area contributed by atoms with Crippen molar-refractivity contribution in [3.05, 3.63) is 65.2 Å². The van der Waals surface area contributed by atoms with E-state index in [1.165, 1.54) is 5.56 Å². The van der Waals surface area contributed by atoms with Gasteiger partial charge in [0.15, 0.2) is 0 Å². The van der Waals surface area contributed by atoms with Gasteiger partial charge >= 0.3 is 5.97 Å². The lowest BCUT2D eigenvalue weighted by atomic mass is 10.0. The fourth-order valence-electron chi connectivity index (χ4n) is 2.03. The molecule has 0 radical (unpaired) electrons. The van der Waals surface area contributed by atoms with Gasteiger partial charge in [0.05, 0.1) is 6.42 Å². The van der Waals surface area contributed by atoms with Gasteiger partial charge in [0.2, 0.25) is 0 Å². The number of aliphatic carboxylic acids is 1. The topological polar surface area (TPSA) is 49.3 Å². The molecule has 2 N–H and O–H groups in total. The van der Waals surface area contributed by atoms with Gasteiger partial charge < -0.3 is 10.4 Å². The number of para-hydroxylation sites is 1. The Morgan fingerprint density at radius 2 is 1.68 bits per heavy atom. The zero-order chi connectivity index (χ0) is 13.7. The average Bonchev–Trinajstić information content (AvgIpc) is 2.39. The molecule has 0 bridgehead atoms. The minimum atomic E-state index is -0.802. The Morgan fingerprint density at radius 3 is 2.37 bits per heavy atom. The molecule has 2 rings (SSSR count). The molecule has 3 heteroatoms. The normalized spacial score (nSPS) is 10.2. The summed E-state index contributed by atoms with van der Waals surface area (Å²) in [6.07, 6.45) is 0.0611. The van der Waals surface area contributed by atoms with E-state index in [4.69, 9.17) is 5.11 Å². The van der Waals surface area contributed by atoms with Crippen molar-refractivity contribution in [2.75, 3.05) is 5.32 Å². The largest absolute Gasteiger partial charge is 0.481 e. The lowest BCUT2D eigenvalue weighted by molar-refractivity contribution is -0.136. The molecule has 0 heterocycles. The minimum absolute atomic E-state index is 0.0611. The van der Waals surface area contributed by atoms with Crippen LogP contribution in [0.2, 0.25) is 0 Å². The van der Waals surface area contributed by atoms with Gasteiger partial charge in [-0.3, -0.25) is 4.79 Å². The quantitative estimate of drug-likeness (QED) is 0.862. The maximum absolute atomic E-state index is 10.8. The summed E-state index contributed by atoms with van der Waals surface area (Å²) >= 11 is 0. The average molecular weight is 255 g/mol. The summed E-state index contributed by atoms with van der Waals surface area (Å²) in [5.74, 6) is -0.802. The Morgan fingerprint density at radius 1 is 1.05 bits per heavy atom. The van der Waals surface area contributed by atoms with Gasteiger partial charge in [0.1, 0.15) is 0 Å². The summed E-state index contributed by atoms with van der Waals surface area (Å²) in [5, 5.41) is 12.3. The third-order valence-corrected chi connectivity index (χ3v) is 3.07. The van der Waals surface area contributed by atoms with Crippen LogP contribution in [0.3, 0.4) is 0 Å². The van der Waals surface area contributed by atoms with Crippen molar-refractivity contribution in [1.82, 2.24) is 0 Å². The molecule has 0 unspecified atom stereocenters. The molecule has 0 aliphatic rings. The van der Waals surface area contributed by atoms with Crippen molar-refractivity contribution in [3.63, 3.8) is 0 Å². The first-order valence-electron chi connectivity index (χ1n) is 6.25. The Bertz CT molecular complexity index is 578. The van der Waals surface area contributed by atoms with Gasteiger partial charge in [0.25, 0.3) is 0 Å². The molecule has 0 aliphatic heterocycles. The van der Waals surface area contributed by atoms with Crippen LogP contribution in [0.15, 0.2) is 48.5 Å². The molecule has 0 saturated carbocycles. The third-order valence-electron chi connectivity index (χ3n) is 3.07. The zero-order valence-corrected chi connectivity index (χ0v) is 10.9. The molecule has 3 nitrogen and oxygen atoms in total. The van der Waals surface area contributed by atoms with Gasteiger partial charge in [-0.05, 0) is 29.7 Å². The third kappa shape index (κ3) is 3.58. The molecule has 98 valence electrons. The molecule has 0 spiro atoms. The summed E-state index contributed by atoms with van der Waals surface area (Å²) in [6.45, 7) is 2.68. The lowest BCUT2D eigenvalue weighted by Crippen LogP contribution is -2.07. The van der Waals surface area contributed by atoms with Crippen molar-refractivity contribution >= 4 is 11.7 Å². The highest BCUT2D eigenvalue weighted by Crippen LogP contribution is 2.16. The van der Waals surface area contributed by atoms with Crippen molar-refractivity contribution in [1.29, 1.82) is 0 Å². The van der Waals surface area contributed by atoms with Crippen LogP contribution in [-0.2, 0) is 17.8 Å². The number of hydrogen-bond donors (Lipinski definition) is 2. The van der Waals surface area contributed by atoms with E-state index < -0.39 is 5.97 Å². The Kier molecular flexibility index (Phi) is 4.18. The van der Waals surface area contributed by atoms with Crippen LogP contribution in [0.1, 0.15) is 16.7 Å². The zero-order valence-electron chi connectivity index (χ0n) is 10.9. The van der Waals surface area contributed by atoms with Gasteiger partial charge in [-0.25, -0.2) is 0 Å². The van der Waals surface area contributed by atoms with Gasteiger partial charge in [-0.2, -0.15) is 0 Å². The number of anilines is 1. The number of rotatable bonds is 5. The molecule has 0 atom stereocenters. The highest BCUT2D eigenvalue weighted by molar-refractivity contribution is 5.70. The van der Waals surface area contributed by atoms with Crippen LogP contribution < -0.4 is 5.32 Å². The predicted molar refractivity (Wildman–Crippen MR) is 76.3 cm³/mol. The van der Waals surface area contributed by atoms with E-state index in [2.05, 4.69) is 5.32 Å². The van der Waals surface area contributed by atoms with Crippen molar-refractivity contribution in [3.8, 4) is 0 Å². The maximum atomic E-state index is 10.8. The van der Waals surface area contributed by atoms with Crippen molar-refractivity contribution < 1.29 is 9.90 Å². The number of benzene rings is 2. The fraction of sp³-hybridized carbons (Fsp3) is 0.188. The second kappa shape index (κ2) is 6.05. The summed E-state index contributed by atoms with van der Waals surface area (Å²) < 4.78 is 0. The molecule has 0 saturated heterocycles. The van der Waals surface area contributed by atoms with Gasteiger partial charge in [-0.1, -0.05) is 42.5 Å². The summed E-state index contributed by atoms with van der Waals surface area (Å²) in [7, 11) is 0. The Balaban J connectivity index is 2.11. The molecule has 0 aromatic heterocycles. The van der Waals surface area contributed by atoms with Gasteiger partial charge in [0, 0.05) is 12.2 Å². The minimum Gasteiger partial charge on any atom is -0.481 e. The number of aryl methyl sites for hydroxylation is 1. The van der Waals surface area contributed by atoms with Crippen LogP contribution in [0.25, 0.3) is 0 Å². The molecule has 2 aromatic carbocycles. The van der Waals surface area contributed by atoms with E-state index in [-0.39, 0.29) is 6.42 Å². The first-order chi connectivity index (χ1) is 9.16. The number of carboxylic acids is 1. The summed E-state index contributed by atoms with van der Waals surface area (Å²) in [5.41, 5.74) is 4.13. The van der Waals surface area contributed by atoms with Crippen molar-refractivity contribution in [2.24, 2.45) is 0 Å². The maximum Gasteiger partial charge on any atom is 0.307 e. The van der Waals surface area contributed by atoms with Crippen LogP contribution in [0.4, 0.5) is 5.69 Å². The molecular formula is C16H17NO2. The van der Waals surface area contributed by atoms with E-state index in [1.54, 1.807) is 0 Å². The fourth-order valence-corrected chi connectivity index (χ4v) is 2.03. The summed E-state index contributed by atoms with van der Waals surface area (Å²) in [4.78, 5) is 10.8. The molecule has 0 aliphatic carbocycles. The highest BCUT2D eigenvalue weighted by atomic mass is 16.4. The van der Waals surface area contributed by atoms with Crippen LogP contribution in [-0.4, -0.2) is 11.1 Å². The van der Waals surface area contributed by atoms with Crippen molar-refractivity contribution in [2.45, 2.75) is 19.9 Å². The summed E-state index contributed by atoms with van der Waals surface area (Å²) in [6, 6.07) is 15.7. The smallest absolute Gasteiger partial charge is 0.307 e. The molecule has 2 aromatic rings. The standard InChI is InChI=1S/C16H17NO2/c1-12-6-2-5-9-15(12)17-11-14-8-4-3-7-13(14)10-16(18)19/h2-9,17H,10-11H2,1H3,(H,18,19). The Hall–Kier alpha value is -2.29. The van der Waals surface area contributed by atoms with Gasteiger partial charge in [-0.15, -0.1) is 0 Å². The number of carboxylic acid groups (broad SMARTS) is 1. The molecule has 19 heavy (non-hydrogen) atoms. The highest BCUT2D eigenvalue weighted by Gasteiger charge is 2.06. The second-order valence-corrected chi connectivity index (χ2v) is 4.51. The number of nitrogens with one attached hydrogen (secondary N) is 1. The van der Waals surface area contributed by atoms with Crippen LogP contribution >= 0.6 is 0 Å². The molecular weight excluding hydrogens is 238 g/mol. The second-order valence-electron chi connectivity index (χ2n) is 4.51. The number of carbonyl (C=O) groups is 1. The van der Waals surface area contributed by atoms with E-state index in [0.29, 0.717) is 6.54 Å². The monoisotopic (exact) mass is 255 g/mol. The first kappa shape index (κ1) is 13.1. The van der Waals surface area contributed by atoms with E-state index in [1.807, 2.05) is 55.5 Å². The Labute approximate surface area is 112 Å². The predicted octanol–water partition coefficient (Wildman–Crippen LogP) is 3.23. The van der Waals surface area contributed by atoms with E-state index >= 15 is 0 Å². The van der Waals surface area contributed by atoms with E-state index in [9.17, 15) is 4.79 Å². The lowest BCUT2D eigenvalue weighted by Gasteiger charge is -2.12. The van der Waals surface area contributed by atoms with Crippen LogP contribution in [0.5, 0.6) is 0 Å². The first-order valence-corrected chi connectivity index (χ1v) is 6.25. The molecule has 0 fully saturated rings. The SMILES string of the molecule is Cc1ccccc1NCc1ccccc1CC(=O)O. The van der Waals surface area contributed by atoms with E-state index in [0.717, 1.165) is 16.8 Å².